The standard InChI is InChI=1S/C13H18N2O2/c16-13(17)15(10-12-6-7-14-8-12)9-11-4-2-1-3-5-11/h1-5,12,14H,6-10H2,(H,16,17)/t12-/m1/s1. The van der Waals surface area contributed by atoms with Crippen molar-refractivity contribution < 1.29 is 9.90 Å². The van der Waals surface area contributed by atoms with E-state index < -0.39 is 6.09 Å². The molecule has 0 unspecified atom stereocenters. The minimum Gasteiger partial charge on any atom is -0.465 e. The Kier molecular flexibility index (Phi) is 3.98. The zero-order chi connectivity index (χ0) is 12.1. The first-order chi connectivity index (χ1) is 8.25. The van der Waals surface area contributed by atoms with Gasteiger partial charge in [-0.25, -0.2) is 4.79 Å². The summed E-state index contributed by atoms with van der Waals surface area (Å²) in [7, 11) is 0. The monoisotopic (exact) mass is 234 g/mol. The quantitative estimate of drug-likeness (QED) is 0.835. The maximum absolute atomic E-state index is 11.2. The van der Waals surface area contributed by atoms with Crippen molar-refractivity contribution in [1.29, 1.82) is 0 Å². The fraction of sp³-hybridized carbons (Fsp3) is 0.462. The van der Waals surface area contributed by atoms with E-state index in [1.807, 2.05) is 30.3 Å². The van der Waals surface area contributed by atoms with Crippen LogP contribution in [0.4, 0.5) is 4.79 Å². The summed E-state index contributed by atoms with van der Waals surface area (Å²) in [5.74, 6) is 0.454. The molecule has 0 aromatic heterocycles. The van der Waals surface area contributed by atoms with Crippen molar-refractivity contribution in [3.8, 4) is 0 Å². The van der Waals surface area contributed by atoms with E-state index in [2.05, 4.69) is 5.32 Å². The van der Waals surface area contributed by atoms with Gasteiger partial charge in [-0.2, -0.15) is 0 Å². The highest BCUT2D eigenvalue weighted by molar-refractivity contribution is 5.65. The van der Waals surface area contributed by atoms with Crippen molar-refractivity contribution in [1.82, 2.24) is 10.2 Å². The molecule has 4 nitrogen and oxygen atoms in total. The molecule has 17 heavy (non-hydrogen) atoms. The SMILES string of the molecule is O=C(O)N(Cc1ccccc1)C[C@@H]1CCNC1. The van der Waals surface area contributed by atoms with Crippen LogP contribution in [0.2, 0.25) is 0 Å². The third-order valence-electron chi connectivity index (χ3n) is 3.13. The maximum Gasteiger partial charge on any atom is 0.407 e. The molecule has 4 heteroatoms. The van der Waals surface area contributed by atoms with Gasteiger partial charge in [0.2, 0.25) is 0 Å². The Hall–Kier alpha value is -1.55. The summed E-state index contributed by atoms with van der Waals surface area (Å²) in [6.07, 6.45) is 0.235. The van der Waals surface area contributed by atoms with E-state index in [0.717, 1.165) is 25.1 Å². The van der Waals surface area contributed by atoms with Crippen molar-refractivity contribution in [2.24, 2.45) is 5.92 Å². The van der Waals surface area contributed by atoms with E-state index in [-0.39, 0.29) is 0 Å². The molecule has 0 saturated carbocycles. The molecule has 1 aliphatic rings. The molecule has 0 aliphatic carbocycles. The molecule has 1 fully saturated rings. The van der Waals surface area contributed by atoms with Gasteiger partial charge < -0.3 is 15.3 Å². The van der Waals surface area contributed by atoms with Crippen LogP contribution < -0.4 is 5.32 Å². The van der Waals surface area contributed by atoms with Crippen LogP contribution in [0.1, 0.15) is 12.0 Å². The lowest BCUT2D eigenvalue weighted by molar-refractivity contribution is 0.135. The normalized spacial score (nSPS) is 19.2. The number of rotatable bonds is 4. The first-order valence-corrected chi connectivity index (χ1v) is 5.98. The number of amides is 1. The van der Waals surface area contributed by atoms with Crippen LogP contribution in [-0.4, -0.2) is 35.7 Å². The number of carbonyl (C=O) groups is 1. The second-order valence-electron chi connectivity index (χ2n) is 4.51. The topological polar surface area (TPSA) is 52.6 Å². The Balaban J connectivity index is 1.95. The molecule has 0 bridgehead atoms. The van der Waals surface area contributed by atoms with Gasteiger partial charge in [-0.15, -0.1) is 0 Å². The van der Waals surface area contributed by atoms with E-state index >= 15 is 0 Å². The van der Waals surface area contributed by atoms with Gasteiger partial charge >= 0.3 is 6.09 Å². The fourth-order valence-corrected chi connectivity index (χ4v) is 2.20. The van der Waals surface area contributed by atoms with E-state index in [4.69, 9.17) is 0 Å². The van der Waals surface area contributed by atoms with E-state index in [1.54, 1.807) is 0 Å². The molecule has 1 amide bonds. The van der Waals surface area contributed by atoms with Crippen molar-refractivity contribution >= 4 is 6.09 Å². The molecule has 1 saturated heterocycles. The van der Waals surface area contributed by atoms with Gasteiger partial charge in [0.25, 0.3) is 0 Å². The average Bonchev–Trinajstić information content (AvgIpc) is 2.82. The van der Waals surface area contributed by atoms with Crippen LogP contribution in [0.25, 0.3) is 0 Å². The van der Waals surface area contributed by atoms with Crippen LogP contribution in [0, 0.1) is 5.92 Å². The predicted molar refractivity (Wildman–Crippen MR) is 65.9 cm³/mol. The molecular formula is C13H18N2O2. The number of hydrogen-bond donors (Lipinski definition) is 2. The second kappa shape index (κ2) is 5.68. The molecule has 1 heterocycles. The highest BCUT2D eigenvalue weighted by atomic mass is 16.4. The Labute approximate surface area is 101 Å². The number of hydrogen-bond acceptors (Lipinski definition) is 2. The van der Waals surface area contributed by atoms with Crippen molar-refractivity contribution in [2.75, 3.05) is 19.6 Å². The van der Waals surface area contributed by atoms with Crippen molar-refractivity contribution in [2.45, 2.75) is 13.0 Å². The van der Waals surface area contributed by atoms with Crippen molar-refractivity contribution in [3.63, 3.8) is 0 Å². The summed E-state index contributed by atoms with van der Waals surface area (Å²) in [6, 6.07) is 9.74. The molecule has 0 spiro atoms. The van der Waals surface area contributed by atoms with Crippen LogP contribution in [-0.2, 0) is 6.54 Å². The summed E-state index contributed by atoms with van der Waals surface area (Å²) < 4.78 is 0. The summed E-state index contributed by atoms with van der Waals surface area (Å²) in [5.41, 5.74) is 1.04. The minimum atomic E-state index is -0.833. The summed E-state index contributed by atoms with van der Waals surface area (Å²) in [5, 5.41) is 12.5. The predicted octanol–water partition coefficient (Wildman–Crippen LogP) is 1.78. The smallest absolute Gasteiger partial charge is 0.407 e. The van der Waals surface area contributed by atoms with Gasteiger partial charge in [-0.05, 0) is 31.0 Å². The Morgan fingerprint density at radius 1 is 1.41 bits per heavy atom. The Morgan fingerprint density at radius 2 is 2.18 bits per heavy atom. The third-order valence-corrected chi connectivity index (χ3v) is 3.13. The Bertz CT molecular complexity index is 361. The highest BCUT2D eigenvalue weighted by Gasteiger charge is 2.21. The number of nitrogens with zero attached hydrogens (tertiary/aromatic N) is 1. The first-order valence-electron chi connectivity index (χ1n) is 5.98. The van der Waals surface area contributed by atoms with E-state index in [0.29, 0.717) is 19.0 Å². The molecule has 1 atom stereocenters. The van der Waals surface area contributed by atoms with Crippen LogP contribution >= 0.6 is 0 Å². The zero-order valence-corrected chi connectivity index (χ0v) is 9.80. The molecule has 2 N–H and O–H groups in total. The van der Waals surface area contributed by atoms with Gasteiger partial charge in [0.1, 0.15) is 0 Å². The Morgan fingerprint density at radius 3 is 2.76 bits per heavy atom. The lowest BCUT2D eigenvalue weighted by Gasteiger charge is -2.22. The van der Waals surface area contributed by atoms with Crippen LogP contribution in [0.3, 0.4) is 0 Å². The first kappa shape index (κ1) is 11.9. The largest absolute Gasteiger partial charge is 0.465 e. The molecule has 2 rings (SSSR count). The third kappa shape index (κ3) is 3.46. The van der Waals surface area contributed by atoms with Crippen molar-refractivity contribution in [3.05, 3.63) is 35.9 Å². The molecule has 1 aromatic rings. The maximum atomic E-state index is 11.2. The molecule has 0 radical (unpaired) electrons. The summed E-state index contributed by atoms with van der Waals surface area (Å²) >= 11 is 0. The molecule has 1 aromatic carbocycles. The fourth-order valence-electron chi connectivity index (χ4n) is 2.20. The average molecular weight is 234 g/mol. The summed E-state index contributed by atoms with van der Waals surface area (Å²) in [6.45, 7) is 3.03. The number of benzene rings is 1. The second-order valence-corrected chi connectivity index (χ2v) is 4.51. The van der Waals surface area contributed by atoms with E-state index in [9.17, 15) is 9.90 Å². The minimum absolute atomic E-state index is 0.454. The van der Waals surface area contributed by atoms with Gasteiger partial charge in [-0.1, -0.05) is 30.3 Å². The number of nitrogens with one attached hydrogen (secondary N) is 1. The van der Waals surface area contributed by atoms with Gasteiger partial charge in [0.05, 0.1) is 0 Å². The van der Waals surface area contributed by atoms with Gasteiger partial charge in [-0.3, -0.25) is 0 Å². The van der Waals surface area contributed by atoms with Gasteiger partial charge in [0.15, 0.2) is 0 Å². The molecule has 1 aliphatic heterocycles. The molecule has 92 valence electrons. The highest BCUT2D eigenvalue weighted by Crippen LogP contribution is 2.12. The van der Waals surface area contributed by atoms with Gasteiger partial charge in [0, 0.05) is 13.1 Å². The van der Waals surface area contributed by atoms with Crippen LogP contribution in [0.15, 0.2) is 30.3 Å². The lowest BCUT2D eigenvalue weighted by Crippen LogP contribution is -2.34. The molecular weight excluding hydrogens is 216 g/mol. The lowest BCUT2D eigenvalue weighted by atomic mass is 10.1. The van der Waals surface area contributed by atoms with E-state index in [1.165, 1.54) is 4.90 Å². The number of carboxylic acid groups (broad SMARTS) is 1. The van der Waals surface area contributed by atoms with Crippen LogP contribution in [0.5, 0.6) is 0 Å². The zero-order valence-electron chi connectivity index (χ0n) is 9.80. The summed E-state index contributed by atoms with van der Waals surface area (Å²) in [4.78, 5) is 12.7.